The van der Waals surface area contributed by atoms with Gasteiger partial charge in [0.15, 0.2) is 5.82 Å². The highest BCUT2D eigenvalue weighted by molar-refractivity contribution is 7.09. The van der Waals surface area contributed by atoms with Crippen LogP contribution in [0.25, 0.3) is 11.4 Å². The molecule has 106 valence electrons. The molecule has 0 aliphatic heterocycles. The minimum atomic E-state index is -0.451. The van der Waals surface area contributed by atoms with E-state index in [2.05, 4.69) is 19.7 Å². The van der Waals surface area contributed by atoms with Crippen LogP contribution < -0.4 is 5.73 Å². The van der Waals surface area contributed by atoms with Crippen molar-refractivity contribution in [2.75, 3.05) is 5.73 Å². The molecule has 10 heteroatoms. The summed E-state index contributed by atoms with van der Waals surface area (Å²) in [5.41, 5.74) is 7.08. The van der Waals surface area contributed by atoms with Crippen molar-refractivity contribution in [1.29, 1.82) is 0 Å². The smallest absolute Gasteiger partial charge is 0.269 e. The van der Waals surface area contributed by atoms with Crippen LogP contribution in [0.5, 0.6) is 0 Å². The van der Waals surface area contributed by atoms with E-state index < -0.39 is 4.92 Å². The fourth-order valence-corrected chi connectivity index (χ4v) is 2.15. The van der Waals surface area contributed by atoms with Gasteiger partial charge in [-0.05, 0) is 12.1 Å². The van der Waals surface area contributed by atoms with Crippen molar-refractivity contribution in [3.63, 3.8) is 0 Å². The van der Waals surface area contributed by atoms with Gasteiger partial charge in [0.2, 0.25) is 0 Å². The maximum atomic E-state index is 10.6. The summed E-state index contributed by atoms with van der Waals surface area (Å²) in [5, 5.41) is 19.3. The Labute approximate surface area is 122 Å². The highest BCUT2D eigenvalue weighted by atomic mass is 32.1. The van der Waals surface area contributed by atoms with Crippen LogP contribution in [0, 0.1) is 10.1 Å². The molecule has 0 aliphatic carbocycles. The van der Waals surface area contributed by atoms with Gasteiger partial charge in [-0.25, -0.2) is 9.67 Å². The lowest BCUT2D eigenvalue weighted by molar-refractivity contribution is -0.384. The average molecular weight is 303 g/mol. The Morgan fingerprint density at radius 3 is 2.71 bits per heavy atom. The summed E-state index contributed by atoms with van der Waals surface area (Å²) < 4.78 is 5.34. The molecular weight excluding hydrogens is 294 g/mol. The number of nitro benzene ring substituents is 1. The Kier molecular flexibility index (Phi) is 3.28. The predicted molar refractivity (Wildman–Crippen MR) is 75.5 cm³/mol. The van der Waals surface area contributed by atoms with E-state index in [-0.39, 0.29) is 5.69 Å². The van der Waals surface area contributed by atoms with Gasteiger partial charge in [-0.2, -0.15) is 5.10 Å². The molecule has 0 fully saturated rings. The lowest BCUT2D eigenvalue weighted by atomic mass is 10.2. The largest absolute Gasteiger partial charge is 0.388 e. The third-order valence-corrected chi connectivity index (χ3v) is 3.37. The van der Waals surface area contributed by atoms with E-state index in [1.165, 1.54) is 12.1 Å². The maximum absolute atomic E-state index is 10.6. The first kappa shape index (κ1) is 13.1. The Balaban J connectivity index is 1.81. The molecule has 3 aromatic rings. The van der Waals surface area contributed by atoms with Crippen molar-refractivity contribution in [2.45, 2.75) is 6.54 Å². The Bertz CT molecular complexity index is 780. The van der Waals surface area contributed by atoms with Crippen LogP contribution in [0.15, 0.2) is 30.6 Å². The molecule has 0 bridgehead atoms. The van der Waals surface area contributed by atoms with Gasteiger partial charge in [0.05, 0.1) is 11.5 Å². The van der Waals surface area contributed by atoms with Gasteiger partial charge in [-0.1, -0.05) is 4.49 Å². The van der Waals surface area contributed by atoms with Gasteiger partial charge in [-0.3, -0.25) is 10.1 Å². The summed E-state index contributed by atoms with van der Waals surface area (Å²) in [6, 6.07) is 6.05. The lowest BCUT2D eigenvalue weighted by Gasteiger charge is -1.97. The molecule has 0 amide bonds. The molecule has 0 radical (unpaired) electrons. The first-order valence-electron chi connectivity index (χ1n) is 5.84. The van der Waals surface area contributed by atoms with E-state index in [0.29, 0.717) is 28.6 Å². The van der Waals surface area contributed by atoms with E-state index in [1.807, 2.05) is 0 Å². The monoisotopic (exact) mass is 303 g/mol. The number of aromatic nitrogens is 5. The summed E-state index contributed by atoms with van der Waals surface area (Å²) in [7, 11) is 0. The molecule has 2 heterocycles. The van der Waals surface area contributed by atoms with E-state index in [1.54, 1.807) is 23.1 Å². The van der Waals surface area contributed by atoms with Gasteiger partial charge in [0.25, 0.3) is 5.69 Å². The summed E-state index contributed by atoms with van der Waals surface area (Å²) in [6.07, 6.45) is 1.55. The Morgan fingerprint density at radius 2 is 2.10 bits per heavy atom. The van der Waals surface area contributed by atoms with E-state index >= 15 is 0 Å². The molecule has 3 rings (SSSR count). The number of nitrogen functional groups attached to an aromatic ring is 1. The van der Waals surface area contributed by atoms with Gasteiger partial charge in [0.1, 0.15) is 17.0 Å². The molecular formula is C11H9N7O2S. The molecule has 21 heavy (non-hydrogen) atoms. The molecule has 9 nitrogen and oxygen atoms in total. The maximum Gasteiger partial charge on any atom is 0.269 e. The number of anilines is 1. The van der Waals surface area contributed by atoms with Crippen LogP contribution in [0.1, 0.15) is 5.69 Å². The van der Waals surface area contributed by atoms with Crippen molar-refractivity contribution in [3.05, 3.63) is 46.4 Å². The fourth-order valence-electron chi connectivity index (χ4n) is 1.71. The van der Waals surface area contributed by atoms with Crippen molar-refractivity contribution in [1.82, 2.24) is 24.4 Å². The summed E-state index contributed by atoms with van der Waals surface area (Å²) in [6.45, 7) is 0.377. The number of rotatable bonds is 4. The number of nitrogens with zero attached hydrogens (tertiary/aromatic N) is 6. The van der Waals surface area contributed by atoms with Crippen LogP contribution in [0.4, 0.5) is 10.7 Å². The second-order valence-corrected chi connectivity index (χ2v) is 4.94. The van der Waals surface area contributed by atoms with Gasteiger partial charge in [-0.15, -0.1) is 5.10 Å². The number of hydrogen-bond acceptors (Lipinski definition) is 8. The van der Waals surface area contributed by atoms with Gasteiger partial charge >= 0.3 is 0 Å². The summed E-state index contributed by atoms with van der Waals surface area (Å²) in [5.74, 6) is 0.478. The van der Waals surface area contributed by atoms with Crippen LogP contribution in [0.3, 0.4) is 0 Å². The minimum Gasteiger partial charge on any atom is -0.388 e. The quantitative estimate of drug-likeness (QED) is 0.569. The summed E-state index contributed by atoms with van der Waals surface area (Å²) in [4.78, 5) is 14.3. The van der Waals surface area contributed by atoms with Crippen molar-refractivity contribution < 1.29 is 4.92 Å². The fraction of sp³-hybridized carbons (Fsp3) is 0.0909. The average Bonchev–Trinajstić information content (AvgIpc) is 3.10. The van der Waals surface area contributed by atoms with Gasteiger partial charge in [0, 0.05) is 29.2 Å². The third kappa shape index (κ3) is 2.69. The highest BCUT2D eigenvalue weighted by Gasteiger charge is 2.10. The first-order chi connectivity index (χ1) is 10.1. The summed E-state index contributed by atoms with van der Waals surface area (Å²) >= 11 is 1.12. The van der Waals surface area contributed by atoms with Crippen molar-refractivity contribution in [2.24, 2.45) is 0 Å². The van der Waals surface area contributed by atoms with Crippen molar-refractivity contribution in [3.8, 4) is 11.4 Å². The van der Waals surface area contributed by atoms with E-state index in [9.17, 15) is 10.1 Å². The second kappa shape index (κ2) is 5.25. The number of benzene rings is 1. The number of nitro groups is 1. The van der Waals surface area contributed by atoms with Crippen LogP contribution >= 0.6 is 11.5 Å². The molecule has 0 spiro atoms. The normalized spacial score (nSPS) is 10.7. The molecule has 0 saturated heterocycles. The lowest BCUT2D eigenvalue weighted by Crippen LogP contribution is -2.03. The topological polar surface area (TPSA) is 126 Å². The molecule has 0 atom stereocenters. The molecule has 2 aromatic heterocycles. The SMILES string of the molecule is Nc1snnc1Cn1cnc(-c2ccc([N+](=O)[O-])cc2)n1. The molecule has 0 unspecified atom stereocenters. The molecule has 2 N–H and O–H groups in total. The predicted octanol–water partition coefficient (Wildman–Crippen LogP) is 1.34. The van der Waals surface area contributed by atoms with Gasteiger partial charge < -0.3 is 5.73 Å². The second-order valence-electron chi connectivity index (χ2n) is 4.15. The van der Waals surface area contributed by atoms with E-state index in [0.717, 1.165) is 11.5 Å². The van der Waals surface area contributed by atoms with Crippen LogP contribution in [-0.2, 0) is 6.54 Å². The Hall–Kier alpha value is -2.88. The van der Waals surface area contributed by atoms with Crippen molar-refractivity contribution >= 4 is 22.2 Å². The highest BCUT2D eigenvalue weighted by Crippen LogP contribution is 2.19. The third-order valence-electron chi connectivity index (χ3n) is 2.77. The molecule has 1 aromatic carbocycles. The molecule has 0 aliphatic rings. The zero-order valence-corrected chi connectivity index (χ0v) is 11.4. The van der Waals surface area contributed by atoms with Crippen LogP contribution in [0.2, 0.25) is 0 Å². The zero-order chi connectivity index (χ0) is 14.8. The number of non-ortho nitro benzene ring substituents is 1. The van der Waals surface area contributed by atoms with E-state index in [4.69, 9.17) is 5.73 Å². The molecule has 0 saturated carbocycles. The Morgan fingerprint density at radius 1 is 1.33 bits per heavy atom. The standard InChI is InChI=1S/C11H9N7O2S/c12-10-9(14-16-21-10)5-17-6-13-11(15-17)7-1-3-8(4-2-7)18(19)20/h1-4,6H,5,12H2. The number of hydrogen-bond donors (Lipinski definition) is 1. The minimum absolute atomic E-state index is 0.0273. The first-order valence-corrected chi connectivity index (χ1v) is 6.62. The number of nitrogens with two attached hydrogens (primary N) is 1. The van der Waals surface area contributed by atoms with Crippen LogP contribution in [-0.4, -0.2) is 29.3 Å². The zero-order valence-electron chi connectivity index (χ0n) is 10.6.